The minimum atomic E-state index is -2.39. The molecule has 3 aromatic rings. The van der Waals surface area contributed by atoms with Crippen molar-refractivity contribution in [2.24, 2.45) is 0 Å². The van der Waals surface area contributed by atoms with E-state index in [1.807, 2.05) is 54.8 Å². The molecule has 0 aromatic heterocycles. The first kappa shape index (κ1) is 28.2. The summed E-state index contributed by atoms with van der Waals surface area (Å²) in [5.41, 5.74) is 4.15. The normalized spacial score (nSPS) is 12.9. The number of carbonyl (C=O) groups excluding carboxylic acids is 2. The molecule has 0 aliphatic heterocycles. The highest BCUT2D eigenvalue weighted by Gasteiger charge is 2.31. The Hall–Kier alpha value is -3.80. The second-order valence-electron chi connectivity index (χ2n) is 8.51. The van der Waals surface area contributed by atoms with Gasteiger partial charge in [0.15, 0.2) is 0 Å². The van der Waals surface area contributed by atoms with Crippen LogP contribution in [0.25, 0.3) is 11.1 Å². The van der Waals surface area contributed by atoms with Gasteiger partial charge < -0.3 is 19.5 Å². The van der Waals surface area contributed by atoms with Gasteiger partial charge in [0.1, 0.15) is 13.2 Å². The summed E-state index contributed by atoms with van der Waals surface area (Å²) in [5, 5.41) is 2.57. The number of amides is 1. The van der Waals surface area contributed by atoms with Crippen molar-refractivity contribution in [2.45, 2.75) is 18.4 Å². The summed E-state index contributed by atoms with van der Waals surface area (Å²) < 4.78 is 81.9. The van der Waals surface area contributed by atoms with Crippen LogP contribution in [-0.2, 0) is 9.47 Å². The number of rotatable bonds is 9. The van der Waals surface area contributed by atoms with Crippen LogP contribution in [0.4, 0.5) is 31.5 Å². The lowest BCUT2D eigenvalue weighted by atomic mass is 9.98. The molecule has 0 spiro atoms. The molecule has 1 amide bonds. The van der Waals surface area contributed by atoms with E-state index in [0.29, 0.717) is 12.2 Å². The number of nitrogens with one attached hydrogen (secondary N) is 1. The summed E-state index contributed by atoms with van der Waals surface area (Å²) in [7, 11) is 0. The number of fused-ring (bicyclic) bond motifs is 3. The maximum Gasteiger partial charge on any atom is 0.514 e. The van der Waals surface area contributed by atoms with Gasteiger partial charge in [-0.1, -0.05) is 48.5 Å². The molecule has 1 atom stereocenters. The minimum absolute atomic E-state index is 0.0399. The van der Waals surface area contributed by atoms with Crippen LogP contribution in [0.15, 0.2) is 48.5 Å². The first-order chi connectivity index (χ1) is 18.7. The summed E-state index contributed by atoms with van der Waals surface area (Å²) >= 11 is 1.44. The number of benzene rings is 3. The van der Waals surface area contributed by atoms with E-state index in [4.69, 9.17) is 9.47 Å². The minimum Gasteiger partial charge on any atom is -0.449 e. The molecule has 39 heavy (non-hydrogen) atoms. The third-order valence-corrected chi connectivity index (χ3v) is 6.74. The van der Waals surface area contributed by atoms with Gasteiger partial charge in [0.05, 0.1) is 6.04 Å². The topological polar surface area (TPSA) is 73.9 Å². The molecule has 206 valence electrons. The molecule has 1 aliphatic carbocycles. The third kappa shape index (κ3) is 6.11. The predicted molar refractivity (Wildman–Crippen MR) is 133 cm³/mol. The lowest BCUT2D eigenvalue weighted by Gasteiger charge is -2.20. The molecular formula is C27H22F5NO5S. The summed E-state index contributed by atoms with van der Waals surface area (Å²) in [4.78, 5) is 24.6. The zero-order chi connectivity index (χ0) is 28.1. The predicted octanol–water partition coefficient (Wildman–Crippen LogP) is 6.56. The molecule has 12 heteroatoms. The fourth-order valence-electron chi connectivity index (χ4n) is 4.22. The van der Waals surface area contributed by atoms with E-state index in [-0.39, 0.29) is 12.5 Å². The molecule has 0 heterocycles. The van der Waals surface area contributed by atoms with Crippen molar-refractivity contribution in [1.29, 1.82) is 0 Å². The molecular weight excluding hydrogens is 545 g/mol. The maximum absolute atomic E-state index is 13.8. The molecule has 0 saturated heterocycles. The second kappa shape index (κ2) is 12.4. The Balaban J connectivity index is 1.36. The van der Waals surface area contributed by atoms with Gasteiger partial charge in [-0.2, -0.15) is 20.5 Å². The van der Waals surface area contributed by atoms with Crippen molar-refractivity contribution in [1.82, 2.24) is 5.32 Å². The summed E-state index contributed by atoms with van der Waals surface area (Å²) in [6, 6.07) is 14.8. The quantitative estimate of drug-likeness (QED) is 0.104. The van der Waals surface area contributed by atoms with Gasteiger partial charge >= 0.3 is 12.2 Å². The summed E-state index contributed by atoms with van der Waals surface area (Å²) in [6.45, 7) is -0.475. The van der Waals surface area contributed by atoms with Gasteiger partial charge in [0, 0.05) is 5.92 Å². The van der Waals surface area contributed by atoms with Gasteiger partial charge in [0.2, 0.25) is 34.8 Å². The molecule has 1 N–H and O–H groups in total. The fraction of sp³-hybridized carbons (Fsp3) is 0.259. The van der Waals surface area contributed by atoms with Crippen LogP contribution in [0.2, 0.25) is 0 Å². The van der Waals surface area contributed by atoms with Crippen LogP contribution in [0.5, 0.6) is 5.75 Å². The fourth-order valence-corrected chi connectivity index (χ4v) is 4.74. The standard InChI is InChI=1S/C27H22F5NO5S/c1-39-11-10-14(12-37-27(35)38-25-23(31)21(29)20(28)22(30)24(25)32)33-26(34)36-13-19-17-8-4-2-6-15(17)16-7-3-5-9-18(16)19/h2-9,14,19H,10-13H2,1H3,(H,33,34)/t14-/m0/s1. The highest BCUT2D eigenvalue weighted by molar-refractivity contribution is 7.98. The van der Waals surface area contributed by atoms with Crippen LogP contribution in [0.1, 0.15) is 23.5 Å². The Bertz CT molecular complexity index is 1310. The molecule has 1 aliphatic rings. The Morgan fingerprint density at radius 2 is 1.38 bits per heavy atom. The van der Waals surface area contributed by atoms with Crippen LogP contribution in [0, 0.1) is 29.1 Å². The van der Waals surface area contributed by atoms with E-state index in [0.717, 1.165) is 22.3 Å². The second-order valence-corrected chi connectivity index (χ2v) is 9.50. The lowest BCUT2D eigenvalue weighted by Crippen LogP contribution is -2.40. The van der Waals surface area contributed by atoms with Gasteiger partial charge in [-0.3, -0.25) is 0 Å². The number of hydrogen-bond donors (Lipinski definition) is 1. The zero-order valence-corrected chi connectivity index (χ0v) is 21.3. The molecule has 0 fully saturated rings. The SMILES string of the molecule is CSCC[C@@H](COC(=O)Oc1c(F)c(F)c(F)c(F)c1F)NC(=O)OCC1c2ccccc2-c2ccccc21. The van der Waals surface area contributed by atoms with Crippen LogP contribution in [0.3, 0.4) is 0 Å². The number of carbonyl (C=O) groups is 2. The number of thioether (sulfide) groups is 1. The molecule has 6 nitrogen and oxygen atoms in total. The number of alkyl carbamates (subject to hydrolysis) is 1. The van der Waals surface area contributed by atoms with Crippen molar-refractivity contribution in [3.05, 3.63) is 88.7 Å². The van der Waals surface area contributed by atoms with Crippen molar-refractivity contribution in [3.63, 3.8) is 0 Å². The Labute approximate surface area is 224 Å². The van der Waals surface area contributed by atoms with Crippen LogP contribution < -0.4 is 10.1 Å². The van der Waals surface area contributed by atoms with Gasteiger partial charge in [-0.25, -0.2) is 22.8 Å². The first-order valence-electron chi connectivity index (χ1n) is 11.7. The van der Waals surface area contributed by atoms with Gasteiger partial charge in [-0.05, 0) is 40.7 Å². The first-order valence-corrected chi connectivity index (χ1v) is 13.1. The Kier molecular flexibility index (Phi) is 8.95. The molecule has 3 aromatic carbocycles. The van der Waals surface area contributed by atoms with Crippen molar-refractivity contribution in [3.8, 4) is 16.9 Å². The highest BCUT2D eigenvalue weighted by atomic mass is 32.2. The van der Waals surface area contributed by atoms with E-state index >= 15 is 0 Å². The van der Waals surface area contributed by atoms with Crippen molar-refractivity contribution >= 4 is 24.0 Å². The highest BCUT2D eigenvalue weighted by Crippen LogP contribution is 2.44. The molecule has 4 rings (SSSR count). The number of hydrogen-bond acceptors (Lipinski definition) is 6. The molecule has 0 saturated carbocycles. The molecule has 0 bridgehead atoms. The zero-order valence-electron chi connectivity index (χ0n) is 20.4. The molecule has 0 radical (unpaired) electrons. The van der Waals surface area contributed by atoms with Gasteiger partial charge in [-0.15, -0.1) is 0 Å². The Morgan fingerprint density at radius 1 is 0.846 bits per heavy atom. The monoisotopic (exact) mass is 567 g/mol. The Morgan fingerprint density at radius 3 is 1.95 bits per heavy atom. The maximum atomic E-state index is 13.8. The van der Waals surface area contributed by atoms with Crippen molar-refractivity contribution < 1.29 is 45.8 Å². The van der Waals surface area contributed by atoms with Crippen LogP contribution in [-0.4, -0.2) is 43.5 Å². The smallest absolute Gasteiger partial charge is 0.449 e. The average molecular weight is 568 g/mol. The van der Waals surface area contributed by atoms with Crippen molar-refractivity contribution in [2.75, 3.05) is 25.2 Å². The van der Waals surface area contributed by atoms with E-state index in [2.05, 4.69) is 10.1 Å². The summed E-state index contributed by atoms with van der Waals surface area (Å²) in [5.74, 6) is -13.0. The third-order valence-electron chi connectivity index (χ3n) is 6.09. The number of ether oxygens (including phenoxy) is 3. The number of halogens is 5. The van der Waals surface area contributed by atoms with Crippen LogP contribution >= 0.6 is 11.8 Å². The van der Waals surface area contributed by atoms with E-state index in [1.165, 1.54) is 11.8 Å². The van der Waals surface area contributed by atoms with E-state index in [1.54, 1.807) is 0 Å². The van der Waals surface area contributed by atoms with E-state index < -0.39 is 59.7 Å². The average Bonchev–Trinajstić information content (AvgIpc) is 3.27. The lowest BCUT2D eigenvalue weighted by molar-refractivity contribution is 0.0815. The summed E-state index contributed by atoms with van der Waals surface area (Å²) in [6.07, 6.45) is -0.398. The van der Waals surface area contributed by atoms with E-state index in [9.17, 15) is 31.5 Å². The van der Waals surface area contributed by atoms with Gasteiger partial charge in [0.25, 0.3) is 0 Å². The molecule has 0 unspecified atom stereocenters. The largest absolute Gasteiger partial charge is 0.514 e.